The van der Waals surface area contributed by atoms with Crippen LogP contribution in [0.1, 0.15) is 5.56 Å². The number of halogens is 4. The highest BCUT2D eigenvalue weighted by atomic mass is 127. The van der Waals surface area contributed by atoms with E-state index in [0.29, 0.717) is 18.4 Å². The molecule has 1 rings (SSSR count). The minimum absolute atomic E-state index is 0.0181. The van der Waals surface area contributed by atoms with Crippen LogP contribution in [0.2, 0.25) is 5.02 Å². The van der Waals surface area contributed by atoms with Gasteiger partial charge in [-0.2, -0.15) is 0 Å². The van der Waals surface area contributed by atoms with Gasteiger partial charge in [0.25, 0.3) is 0 Å². The Morgan fingerprint density at radius 1 is 1.12 bits per heavy atom. The third-order valence-electron chi connectivity index (χ3n) is 2.08. The van der Waals surface area contributed by atoms with E-state index in [2.05, 4.69) is 22.6 Å². The van der Waals surface area contributed by atoms with E-state index in [1.54, 1.807) is 0 Å². The fourth-order valence-corrected chi connectivity index (χ4v) is 2.52. The first kappa shape index (κ1) is 14.8. The quantitative estimate of drug-likeness (QED) is 0.511. The van der Waals surface area contributed by atoms with Gasteiger partial charge in [-0.15, -0.1) is 23.2 Å². The topological polar surface area (TPSA) is 9.23 Å². The van der Waals surface area contributed by atoms with Gasteiger partial charge in [-0.1, -0.05) is 46.3 Å². The molecule has 1 aromatic rings. The number of ether oxygens (including phenoxy) is 1. The summed E-state index contributed by atoms with van der Waals surface area (Å²) in [5.41, 5.74) is 1.08. The molecule has 1 aromatic carbocycles. The molecule has 2 atom stereocenters. The lowest BCUT2D eigenvalue weighted by molar-refractivity contribution is 0.0599. The maximum absolute atomic E-state index is 5.82. The predicted molar refractivity (Wildman–Crippen MR) is 79.3 cm³/mol. The Kier molecular flexibility index (Phi) is 7.40. The summed E-state index contributed by atoms with van der Waals surface area (Å²) in [6, 6.07) is 7.57. The smallest absolute Gasteiger partial charge is 0.0843 e. The van der Waals surface area contributed by atoms with E-state index in [-0.39, 0.29) is 10.0 Å². The second kappa shape index (κ2) is 7.98. The van der Waals surface area contributed by atoms with Crippen molar-refractivity contribution >= 4 is 57.4 Å². The molecular formula is C11H12Cl3IO. The van der Waals surface area contributed by atoms with Gasteiger partial charge in [-0.05, 0) is 17.7 Å². The molecule has 0 amide bonds. The Morgan fingerprint density at radius 3 is 2.25 bits per heavy atom. The predicted octanol–water partition coefficient (Wildman–Crippen LogP) is 4.51. The Balaban J connectivity index is 2.46. The molecule has 1 nitrogen and oxygen atoms in total. The van der Waals surface area contributed by atoms with Crippen LogP contribution in [-0.4, -0.2) is 21.8 Å². The molecule has 2 unspecified atom stereocenters. The van der Waals surface area contributed by atoms with Gasteiger partial charge in [0.05, 0.1) is 16.6 Å². The van der Waals surface area contributed by atoms with Gasteiger partial charge in [0.2, 0.25) is 0 Å². The zero-order valence-corrected chi connectivity index (χ0v) is 12.9. The van der Waals surface area contributed by atoms with Crippen LogP contribution in [-0.2, 0) is 11.3 Å². The van der Waals surface area contributed by atoms with Crippen molar-refractivity contribution in [2.45, 2.75) is 16.6 Å². The van der Waals surface area contributed by atoms with Gasteiger partial charge < -0.3 is 4.74 Å². The molecule has 0 bridgehead atoms. The lowest BCUT2D eigenvalue weighted by Crippen LogP contribution is -2.27. The zero-order valence-electron chi connectivity index (χ0n) is 8.51. The maximum atomic E-state index is 5.82. The van der Waals surface area contributed by atoms with Gasteiger partial charge in [0.1, 0.15) is 0 Å². The summed E-state index contributed by atoms with van der Waals surface area (Å²) < 4.78 is 5.93. The highest BCUT2D eigenvalue weighted by Crippen LogP contribution is 2.16. The van der Waals surface area contributed by atoms with E-state index in [9.17, 15) is 0 Å². The van der Waals surface area contributed by atoms with Crippen LogP contribution in [0, 0.1) is 0 Å². The highest BCUT2D eigenvalue weighted by Gasteiger charge is 2.17. The molecule has 0 fully saturated rings. The lowest BCUT2D eigenvalue weighted by Gasteiger charge is -2.19. The number of rotatable bonds is 6. The SMILES string of the molecule is ClCC(I)C(CCl)OCc1ccc(Cl)cc1. The first-order valence-corrected chi connectivity index (χ1v) is 7.48. The van der Waals surface area contributed by atoms with Gasteiger partial charge in [0, 0.05) is 16.8 Å². The van der Waals surface area contributed by atoms with Crippen molar-refractivity contribution in [1.29, 1.82) is 0 Å². The average molecular weight is 393 g/mol. The minimum Gasteiger partial charge on any atom is -0.371 e. The molecule has 16 heavy (non-hydrogen) atoms. The summed E-state index contributed by atoms with van der Waals surface area (Å²) in [6.45, 7) is 0.533. The van der Waals surface area contributed by atoms with Crippen molar-refractivity contribution in [3.8, 4) is 0 Å². The average Bonchev–Trinajstić information content (AvgIpc) is 2.31. The summed E-state index contributed by atoms with van der Waals surface area (Å²) in [5, 5.41) is 0.727. The Bertz CT molecular complexity index is 305. The Labute approximate surface area is 125 Å². The lowest BCUT2D eigenvalue weighted by atomic mass is 10.2. The van der Waals surface area contributed by atoms with Crippen LogP contribution in [0.15, 0.2) is 24.3 Å². The second-order valence-electron chi connectivity index (χ2n) is 3.30. The van der Waals surface area contributed by atoms with Gasteiger partial charge in [-0.3, -0.25) is 0 Å². The highest BCUT2D eigenvalue weighted by molar-refractivity contribution is 14.1. The van der Waals surface area contributed by atoms with Gasteiger partial charge >= 0.3 is 0 Å². The molecule has 90 valence electrons. The molecule has 0 aliphatic rings. The molecule has 5 heteroatoms. The van der Waals surface area contributed by atoms with E-state index in [1.807, 2.05) is 24.3 Å². The molecule has 0 heterocycles. The first-order chi connectivity index (χ1) is 7.67. The maximum Gasteiger partial charge on any atom is 0.0843 e. The van der Waals surface area contributed by atoms with Gasteiger partial charge in [0.15, 0.2) is 0 Å². The van der Waals surface area contributed by atoms with Gasteiger partial charge in [-0.25, -0.2) is 0 Å². The Morgan fingerprint density at radius 2 is 1.75 bits per heavy atom. The Hall–Kier alpha value is 0.780. The van der Waals surface area contributed by atoms with Crippen molar-refractivity contribution in [3.05, 3.63) is 34.9 Å². The molecular weight excluding hydrogens is 381 g/mol. The van der Waals surface area contributed by atoms with E-state index >= 15 is 0 Å². The van der Waals surface area contributed by atoms with Crippen LogP contribution < -0.4 is 0 Å². The van der Waals surface area contributed by atoms with Crippen LogP contribution >= 0.6 is 57.4 Å². The van der Waals surface area contributed by atoms with Crippen LogP contribution in [0.25, 0.3) is 0 Å². The molecule has 0 aromatic heterocycles. The number of benzene rings is 1. The van der Waals surface area contributed by atoms with Crippen molar-refractivity contribution < 1.29 is 4.74 Å². The van der Waals surface area contributed by atoms with E-state index < -0.39 is 0 Å². The minimum atomic E-state index is -0.0181. The van der Waals surface area contributed by atoms with Crippen LogP contribution in [0.5, 0.6) is 0 Å². The van der Waals surface area contributed by atoms with E-state index in [0.717, 1.165) is 10.6 Å². The summed E-state index contributed by atoms with van der Waals surface area (Å²) in [4.78, 5) is 0. The summed E-state index contributed by atoms with van der Waals surface area (Å²) in [5.74, 6) is 0.993. The van der Waals surface area contributed by atoms with Crippen molar-refractivity contribution in [1.82, 2.24) is 0 Å². The summed E-state index contributed by atoms with van der Waals surface area (Å²) in [6.07, 6.45) is -0.0181. The van der Waals surface area contributed by atoms with E-state index in [4.69, 9.17) is 39.5 Å². The molecule has 0 spiro atoms. The number of hydrogen-bond acceptors (Lipinski definition) is 1. The van der Waals surface area contributed by atoms with Crippen molar-refractivity contribution in [2.75, 3.05) is 11.8 Å². The molecule has 0 N–H and O–H groups in total. The molecule has 0 saturated carbocycles. The zero-order chi connectivity index (χ0) is 12.0. The van der Waals surface area contributed by atoms with Crippen LogP contribution in [0.3, 0.4) is 0 Å². The molecule has 0 aliphatic heterocycles. The van der Waals surface area contributed by atoms with Crippen LogP contribution in [0.4, 0.5) is 0 Å². The third kappa shape index (κ3) is 4.96. The van der Waals surface area contributed by atoms with Crippen molar-refractivity contribution in [3.63, 3.8) is 0 Å². The fraction of sp³-hybridized carbons (Fsp3) is 0.455. The molecule has 0 saturated heterocycles. The number of hydrogen-bond donors (Lipinski definition) is 0. The fourth-order valence-electron chi connectivity index (χ4n) is 1.13. The number of alkyl halides is 3. The standard InChI is InChI=1S/C11H12Cl3IO/c12-5-10(15)11(6-13)16-7-8-1-3-9(14)4-2-8/h1-4,10-11H,5-7H2. The van der Waals surface area contributed by atoms with Crippen molar-refractivity contribution in [2.24, 2.45) is 0 Å². The largest absolute Gasteiger partial charge is 0.371 e. The monoisotopic (exact) mass is 392 g/mol. The molecule has 0 radical (unpaired) electrons. The molecule has 0 aliphatic carbocycles. The first-order valence-electron chi connectivity index (χ1n) is 4.79. The summed E-state index contributed by atoms with van der Waals surface area (Å²) >= 11 is 19.6. The third-order valence-corrected chi connectivity index (χ3v) is 4.73. The summed E-state index contributed by atoms with van der Waals surface area (Å²) in [7, 11) is 0. The second-order valence-corrected chi connectivity index (χ2v) is 5.95. The van der Waals surface area contributed by atoms with E-state index in [1.165, 1.54) is 0 Å². The normalized spacial score (nSPS) is 14.8.